The smallest absolute Gasteiger partial charge is 0.248 e. The summed E-state index contributed by atoms with van der Waals surface area (Å²) < 4.78 is 8.33. The Labute approximate surface area is 147 Å². The number of hydrogen-bond donors (Lipinski definition) is 2. The molecule has 4 aromatic rings. The summed E-state index contributed by atoms with van der Waals surface area (Å²) in [7, 11) is 3.52. The van der Waals surface area contributed by atoms with Crippen molar-refractivity contribution in [1.29, 1.82) is 0 Å². The van der Waals surface area contributed by atoms with Gasteiger partial charge in [-0.1, -0.05) is 11.3 Å². The summed E-state index contributed by atoms with van der Waals surface area (Å²) in [4.78, 5) is 20.5. The van der Waals surface area contributed by atoms with E-state index in [1.165, 1.54) is 11.3 Å². The van der Waals surface area contributed by atoms with Crippen LogP contribution in [0.3, 0.4) is 0 Å². The number of anilines is 2. The zero-order chi connectivity index (χ0) is 17.6. The Hall–Kier alpha value is -3.13. The van der Waals surface area contributed by atoms with Crippen molar-refractivity contribution in [2.24, 2.45) is 12.8 Å². The first kappa shape index (κ1) is 15.4. The van der Waals surface area contributed by atoms with E-state index in [9.17, 15) is 4.79 Å². The molecule has 0 aliphatic carbocycles. The van der Waals surface area contributed by atoms with Crippen molar-refractivity contribution in [2.45, 2.75) is 0 Å². The topological polar surface area (TPSA) is 95.1 Å². The summed E-state index contributed by atoms with van der Waals surface area (Å²) in [5.41, 5.74) is 9.13. The van der Waals surface area contributed by atoms with Gasteiger partial charge in [-0.3, -0.25) is 4.79 Å². The van der Waals surface area contributed by atoms with Crippen LogP contribution in [0.1, 0.15) is 10.4 Å². The van der Waals surface area contributed by atoms with E-state index >= 15 is 0 Å². The number of carbonyl (C=O) groups is 1. The van der Waals surface area contributed by atoms with Crippen molar-refractivity contribution in [3.8, 4) is 5.75 Å². The third kappa shape index (κ3) is 2.56. The van der Waals surface area contributed by atoms with Crippen molar-refractivity contribution in [1.82, 2.24) is 14.5 Å². The van der Waals surface area contributed by atoms with E-state index in [-0.39, 0.29) is 0 Å². The Balaban J connectivity index is 1.79. The zero-order valence-corrected chi connectivity index (χ0v) is 14.4. The van der Waals surface area contributed by atoms with E-state index in [4.69, 9.17) is 10.5 Å². The van der Waals surface area contributed by atoms with Crippen molar-refractivity contribution in [2.75, 3.05) is 12.4 Å². The normalized spacial score (nSPS) is 11.1. The third-order valence-corrected chi connectivity index (χ3v) is 4.91. The fourth-order valence-electron chi connectivity index (χ4n) is 2.72. The van der Waals surface area contributed by atoms with Crippen LogP contribution in [-0.2, 0) is 7.05 Å². The van der Waals surface area contributed by atoms with Gasteiger partial charge in [-0.15, -0.1) is 0 Å². The predicted octanol–water partition coefficient (Wildman–Crippen LogP) is 3.03. The summed E-state index contributed by atoms with van der Waals surface area (Å²) in [6, 6.07) is 9.04. The van der Waals surface area contributed by atoms with Gasteiger partial charge >= 0.3 is 0 Å². The van der Waals surface area contributed by atoms with Crippen LogP contribution < -0.4 is 15.8 Å². The van der Waals surface area contributed by atoms with E-state index < -0.39 is 5.91 Å². The molecule has 2 heterocycles. The average molecular weight is 353 g/mol. The Morgan fingerprint density at radius 1 is 1.28 bits per heavy atom. The molecule has 7 nitrogen and oxygen atoms in total. The number of aryl methyl sites for hydroxylation is 1. The summed E-state index contributed by atoms with van der Waals surface area (Å²) in [5.74, 6) is 0.109. The molecule has 0 aliphatic heterocycles. The lowest BCUT2D eigenvalue weighted by atomic mass is 10.2. The van der Waals surface area contributed by atoms with Gasteiger partial charge in [0, 0.05) is 12.6 Å². The SMILES string of the molecule is COc1ccc(C(N)=O)cc1Nc1nc2c(ccc3c2ncn3C)s1. The minimum atomic E-state index is -0.495. The molecule has 0 unspecified atom stereocenters. The Morgan fingerprint density at radius 2 is 2.12 bits per heavy atom. The number of carbonyl (C=O) groups excluding carboxylic acids is 1. The van der Waals surface area contributed by atoms with Gasteiger partial charge in [-0.25, -0.2) is 9.97 Å². The minimum Gasteiger partial charge on any atom is -0.495 e. The average Bonchev–Trinajstić information content (AvgIpc) is 3.17. The van der Waals surface area contributed by atoms with E-state index in [0.29, 0.717) is 22.1 Å². The summed E-state index contributed by atoms with van der Waals surface area (Å²) in [6.07, 6.45) is 1.77. The molecule has 3 N–H and O–H groups in total. The number of nitrogens with two attached hydrogens (primary N) is 1. The molecule has 0 atom stereocenters. The number of rotatable bonds is 4. The number of nitrogens with zero attached hydrogens (tertiary/aromatic N) is 3. The number of imidazole rings is 1. The predicted molar refractivity (Wildman–Crippen MR) is 98.7 cm³/mol. The van der Waals surface area contributed by atoms with Crippen LogP contribution in [0.15, 0.2) is 36.7 Å². The highest BCUT2D eigenvalue weighted by molar-refractivity contribution is 7.22. The van der Waals surface area contributed by atoms with Crippen molar-refractivity contribution >= 4 is 49.3 Å². The van der Waals surface area contributed by atoms with Crippen LogP contribution in [0.25, 0.3) is 21.3 Å². The highest BCUT2D eigenvalue weighted by Gasteiger charge is 2.13. The van der Waals surface area contributed by atoms with Gasteiger partial charge in [0.05, 0.1) is 29.3 Å². The Morgan fingerprint density at radius 3 is 2.88 bits per heavy atom. The quantitative estimate of drug-likeness (QED) is 0.588. The van der Waals surface area contributed by atoms with Crippen LogP contribution in [0.2, 0.25) is 0 Å². The van der Waals surface area contributed by atoms with E-state index in [2.05, 4.69) is 15.3 Å². The van der Waals surface area contributed by atoms with Gasteiger partial charge in [-0.05, 0) is 30.3 Å². The number of thiazole rings is 1. The molecule has 0 saturated carbocycles. The lowest BCUT2D eigenvalue weighted by molar-refractivity contribution is 0.100. The van der Waals surface area contributed by atoms with Crippen LogP contribution in [0.4, 0.5) is 10.8 Å². The number of aromatic nitrogens is 3. The lowest BCUT2D eigenvalue weighted by Crippen LogP contribution is -2.11. The molecule has 8 heteroatoms. The largest absolute Gasteiger partial charge is 0.495 e. The second-order valence-corrected chi connectivity index (χ2v) is 6.59. The molecule has 0 radical (unpaired) electrons. The Bertz CT molecular complexity index is 1120. The number of hydrogen-bond acceptors (Lipinski definition) is 6. The molecule has 0 saturated heterocycles. The second kappa shape index (κ2) is 5.75. The molecular formula is C17H15N5O2S. The van der Waals surface area contributed by atoms with Gasteiger partial charge in [0.15, 0.2) is 5.13 Å². The number of ether oxygens (including phenoxy) is 1. The molecule has 0 fully saturated rings. The van der Waals surface area contributed by atoms with Gasteiger partial charge in [0.2, 0.25) is 5.91 Å². The van der Waals surface area contributed by atoms with Gasteiger partial charge in [-0.2, -0.15) is 0 Å². The molecule has 1 amide bonds. The monoisotopic (exact) mass is 353 g/mol. The van der Waals surface area contributed by atoms with Crippen LogP contribution >= 0.6 is 11.3 Å². The van der Waals surface area contributed by atoms with E-state index in [1.54, 1.807) is 31.6 Å². The molecule has 2 aromatic carbocycles. The fourth-order valence-corrected chi connectivity index (χ4v) is 3.60. The third-order valence-electron chi connectivity index (χ3n) is 3.98. The van der Waals surface area contributed by atoms with Crippen LogP contribution in [0.5, 0.6) is 5.75 Å². The standard InChI is InChI=1S/C17H15N5O2S/c1-22-8-19-14-11(22)4-6-13-15(14)21-17(25-13)20-10-7-9(16(18)23)3-5-12(10)24-2/h3-8H,1-2H3,(H2,18,23)(H,20,21). The summed E-state index contributed by atoms with van der Waals surface area (Å²) in [6.45, 7) is 0. The van der Waals surface area contributed by atoms with Crippen LogP contribution in [-0.4, -0.2) is 27.6 Å². The Kier molecular flexibility index (Phi) is 3.54. The number of fused-ring (bicyclic) bond motifs is 3. The van der Waals surface area contributed by atoms with Crippen molar-refractivity contribution < 1.29 is 9.53 Å². The number of methoxy groups -OCH3 is 1. The molecular weight excluding hydrogens is 338 g/mol. The number of nitrogens with one attached hydrogen (secondary N) is 1. The first-order valence-corrected chi connectivity index (χ1v) is 8.34. The highest BCUT2D eigenvalue weighted by Crippen LogP contribution is 2.35. The molecule has 126 valence electrons. The maximum Gasteiger partial charge on any atom is 0.248 e. The second-order valence-electron chi connectivity index (χ2n) is 5.56. The first-order valence-electron chi connectivity index (χ1n) is 7.52. The molecule has 25 heavy (non-hydrogen) atoms. The first-order chi connectivity index (χ1) is 12.1. The van der Waals surface area contributed by atoms with Gasteiger partial charge < -0.3 is 20.4 Å². The number of amides is 1. The highest BCUT2D eigenvalue weighted by atomic mass is 32.1. The number of primary amides is 1. The minimum absolute atomic E-state index is 0.400. The zero-order valence-electron chi connectivity index (χ0n) is 13.6. The van der Waals surface area contributed by atoms with Gasteiger partial charge in [0.1, 0.15) is 16.8 Å². The molecule has 0 bridgehead atoms. The lowest BCUT2D eigenvalue weighted by Gasteiger charge is -2.10. The van der Waals surface area contributed by atoms with E-state index in [1.807, 2.05) is 23.7 Å². The molecule has 4 rings (SSSR count). The molecule has 2 aromatic heterocycles. The number of benzene rings is 2. The van der Waals surface area contributed by atoms with E-state index in [0.717, 1.165) is 21.3 Å². The summed E-state index contributed by atoms with van der Waals surface area (Å²) in [5, 5.41) is 3.91. The molecule has 0 spiro atoms. The molecule has 0 aliphatic rings. The maximum atomic E-state index is 11.4. The van der Waals surface area contributed by atoms with Crippen molar-refractivity contribution in [3.05, 3.63) is 42.2 Å². The van der Waals surface area contributed by atoms with Crippen LogP contribution in [0, 0.1) is 0 Å². The summed E-state index contributed by atoms with van der Waals surface area (Å²) >= 11 is 1.51. The van der Waals surface area contributed by atoms with Crippen molar-refractivity contribution in [3.63, 3.8) is 0 Å². The maximum absolute atomic E-state index is 11.4. The van der Waals surface area contributed by atoms with Gasteiger partial charge in [0.25, 0.3) is 0 Å². The fraction of sp³-hybridized carbons (Fsp3) is 0.118.